The number of aromatic hydroxyl groups is 2. The van der Waals surface area contributed by atoms with E-state index in [-0.39, 0.29) is 10.0 Å². The summed E-state index contributed by atoms with van der Waals surface area (Å²) < 4.78 is 0. The summed E-state index contributed by atoms with van der Waals surface area (Å²) in [6, 6.07) is -3.30. The first-order valence-electron chi connectivity index (χ1n) is 4.24. The minimum Gasteiger partial charge on any atom is -0.492 e. The maximum absolute atomic E-state index is 10.9. The van der Waals surface area contributed by atoms with Crippen molar-refractivity contribution in [3.05, 3.63) is 0 Å². The molecule has 98 valence electrons. The second kappa shape index (κ2) is 4.56. The van der Waals surface area contributed by atoms with Crippen LogP contribution in [0.2, 0.25) is 0 Å². The number of aromatic nitrogens is 2. The highest BCUT2D eigenvalue weighted by atomic mass is 16.3. The van der Waals surface area contributed by atoms with Crippen LogP contribution < -0.4 is 33.2 Å². The van der Waals surface area contributed by atoms with E-state index in [9.17, 15) is 14.7 Å². The first kappa shape index (κ1) is 13.2. The summed E-state index contributed by atoms with van der Waals surface area (Å²) in [6.45, 7) is 0. The fourth-order valence-electron chi connectivity index (χ4n) is 1.02. The first-order valence-corrected chi connectivity index (χ1v) is 4.24. The van der Waals surface area contributed by atoms with E-state index in [1.54, 1.807) is 0 Å². The fraction of sp³-hybridized carbons (Fsp3) is 0. The topological polar surface area (TPSA) is 211 Å². The van der Waals surface area contributed by atoms with Crippen molar-refractivity contribution in [2.45, 2.75) is 0 Å². The van der Waals surface area contributed by atoms with Crippen LogP contribution in [0.5, 0.6) is 11.9 Å². The Bertz CT molecular complexity index is 505. The largest absolute Gasteiger partial charge is 0.492 e. The van der Waals surface area contributed by atoms with E-state index in [1.807, 2.05) is 0 Å². The number of hydrogen-bond acceptors (Lipinski definition) is 8. The number of hydrazine groups is 2. The van der Waals surface area contributed by atoms with E-state index in [0.717, 1.165) is 0 Å². The predicted molar refractivity (Wildman–Crippen MR) is 57.9 cm³/mol. The van der Waals surface area contributed by atoms with Crippen molar-refractivity contribution in [3.63, 3.8) is 0 Å². The van der Waals surface area contributed by atoms with Crippen LogP contribution in [-0.2, 0) is 0 Å². The lowest BCUT2D eigenvalue weighted by atomic mass is 10.4. The molecule has 0 saturated carbocycles. The summed E-state index contributed by atoms with van der Waals surface area (Å²) >= 11 is 0. The zero-order valence-corrected chi connectivity index (χ0v) is 8.81. The molecule has 1 heterocycles. The third-order valence-corrected chi connectivity index (χ3v) is 1.78. The van der Waals surface area contributed by atoms with Gasteiger partial charge in [0.2, 0.25) is 5.88 Å². The Morgan fingerprint density at radius 2 is 1.50 bits per heavy atom. The van der Waals surface area contributed by atoms with Gasteiger partial charge in [-0.05, 0) is 0 Å². The van der Waals surface area contributed by atoms with Crippen LogP contribution in [0, 0.1) is 0 Å². The van der Waals surface area contributed by atoms with Crippen LogP contribution in [0.4, 0.5) is 21.1 Å². The standard InChI is InChI=1S/C6H10N8O4/c7-4(16)13(9)1-2(14(10)5(8)17)11-6(18)12-3(1)15/h9-10H2,(H2,7,16)(H2,8,17)(H2,11,12,15,18). The lowest BCUT2D eigenvalue weighted by molar-refractivity contribution is 0.252. The molecule has 4 amide bonds. The number of nitrogens with zero attached hydrogens (tertiary/aromatic N) is 4. The fourth-order valence-corrected chi connectivity index (χ4v) is 1.02. The van der Waals surface area contributed by atoms with Crippen LogP contribution in [0.25, 0.3) is 0 Å². The Morgan fingerprint density at radius 3 is 1.94 bits per heavy atom. The highest BCUT2D eigenvalue weighted by molar-refractivity contribution is 5.99. The van der Waals surface area contributed by atoms with E-state index in [1.165, 1.54) is 0 Å². The molecule has 0 aromatic carbocycles. The quantitative estimate of drug-likeness (QED) is 0.187. The molecule has 1 aromatic rings. The van der Waals surface area contributed by atoms with Gasteiger partial charge in [0.15, 0.2) is 11.5 Å². The second-order valence-electron chi connectivity index (χ2n) is 2.94. The van der Waals surface area contributed by atoms with Crippen LogP contribution in [-0.4, -0.2) is 32.2 Å². The van der Waals surface area contributed by atoms with Gasteiger partial charge in [-0.15, -0.1) is 0 Å². The molecular formula is C6H10N8O4. The van der Waals surface area contributed by atoms with Crippen molar-refractivity contribution >= 4 is 23.6 Å². The van der Waals surface area contributed by atoms with Gasteiger partial charge in [0.05, 0.1) is 0 Å². The predicted octanol–water partition coefficient (Wildman–Crippen LogP) is -2.59. The van der Waals surface area contributed by atoms with Crippen molar-refractivity contribution in [1.29, 1.82) is 0 Å². The van der Waals surface area contributed by atoms with Gasteiger partial charge in [-0.2, -0.15) is 9.97 Å². The smallest absolute Gasteiger partial charge is 0.335 e. The lowest BCUT2D eigenvalue weighted by Crippen LogP contribution is -2.46. The molecule has 0 bridgehead atoms. The van der Waals surface area contributed by atoms with Gasteiger partial charge in [-0.1, -0.05) is 0 Å². The summed E-state index contributed by atoms with van der Waals surface area (Å²) in [7, 11) is 0. The van der Waals surface area contributed by atoms with Gasteiger partial charge >= 0.3 is 18.1 Å². The molecule has 0 radical (unpaired) electrons. The second-order valence-corrected chi connectivity index (χ2v) is 2.94. The van der Waals surface area contributed by atoms with Gasteiger partial charge < -0.3 is 21.7 Å². The highest BCUT2D eigenvalue weighted by Gasteiger charge is 2.26. The normalized spacial score (nSPS) is 9.89. The third-order valence-electron chi connectivity index (χ3n) is 1.78. The Labute approximate surface area is 99.3 Å². The summed E-state index contributed by atoms with van der Waals surface area (Å²) in [5.41, 5.74) is 9.16. The van der Waals surface area contributed by atoms with Crippen molar-refractivity contribution < 1.29 is 19.8 Å². The molecule has 0 unspecified atom stereocenters. The Hall–Kier alpha value is -2.86. The SMILES string of the molecule is NC(=O)N(N)c1nc(O)nc(O)c1N(N)C(N)=O. The van der Waals surface area contributed by atoms with Gasteiger partial charge in [0, 0.05) is 0 Å². The third kappa shape index (κ3) is 2.28. The number of carbonyl (C=O) groups is 2. The number of rotatable bonds is 2. The Balaban J connectivity index is 3.47. The first-order chi connectivity index (χ1) is 8.25. The molecule has 0 aliphatic heterocycles. The summed E-state index contributed by atoms with van der Waals surface area (Å²) in [6.07, 6.45) is 0. The molecule has 0 fully saturated rings. The van der Waals surface area contributed by atoms with E-state index >= 15 is 0 Å². The average Bonchev–Trinajstić information content (AvgIpc) is 2.25. The molecule has 0 aliphatic rings. The Morgan fingerprint density at radius 1 is 1.00 bits per heavy atom. The molecule has 0 spiro atoms. The molecular weight excluding hydrogens is 248 g/mol. The maximum atomic E-state index is 10.9. The number of primary amides is 2. The zero-order chi connectivity index (χ0) is 14.0. The van der Waals surface area contributed by atoms with Gasteiger partial charge in [0.25, 0.3) is 0 Å². The number of carbonyl (C=O) groups excluding carboxylic acids is 2. The molecule has 10 N–H and O–H groups in total. The molecule has 0 saturated heterocycles. The van der Waals surface area contributed by atoms with Gasteiger partial charge in [-0.3, -0.25) is 0 Å². The van der Waals surface area contributed by atoms with E-state index in [0.29, 0.717) is 0 Å². The number of urea groups is 2. The molecule has 1 rings (SSSR count). The minimum absolute atomic E-state index is 0.229. The van der Waals surface area contributed by atoms with Crippen LogP contribution >= 0.6 is 0 Å². The van der Waals surface area contributed by atoms with E-state index < -0.39 is 35.5 Å². The van der Waals surface area contributed by atoms with Gasteiger partial charge in [-0.25, -0.2) is 31.3 Å². The summed E-state index contributed by atoms with van der Waals surface area (Å²) in [5.74, 6) is 8.93. The zero-order valence-electron chi connectivity index (χ0n) is 8.81. The minimum atomic E-state index is -1.20. The van der Waals surface area contributed by atoms with Gasteiger partial charge in [0.1, 0.15) is 0 Å². The molecule has 18 heavy (non-hydrogen) atoms. The number of anilines is 2. The monoisotopic (exact) mass is 258 g/mol. The van der Waals surface area contributed by atoms with Crippen LogP contribution in [0.1, 0.15) is 0 Å². The molecule has 12 nitrogen and oxygen atoms in total. The number of hydrogen-bond donors (Lipinski definition) is 6. The van der Waals surface area contributed by atoms with Crippen LogP contribution in [0.3, 0.4) is 0 Å². The van der Waals surface area contributed by atoms with Crippen LogP contribution in [0.15, 0.2) is 0 Å². The molecule has 1 aromatic heterocycles. The van der Waals surface area contributed by atoms with E-state index in [2.05, 4.69) is 9.97 Å². The van der Waals surface area contributed by atoms with Crippen molar-refractivity contribution in [3.8, 4) is 11.9 Å². The van der Waals surface area contributed by atoms with Crippen molar-refractivity contribution in [1.82, 2.24) is 9.97 Å². The molecule has 0 atom stereocenters. The van der Waals surface area contributed by atoms with Crippen molar-refractivity contribution in [2.24, 2.45) is 23.2 Å². The molecule has 0 aliphatic carbocycles. The van der Waals surface area contributed by atoms with E-state index in [4.69, 9.17) is 28.3 Å². The summed E-state index contributed by atoms with van der Waals surface area (Å²) in [5, 5.41) is 19.0. The molecule has 12 heteroatoms. The van der Waals surface area contributed by atoms with Crippen molar-refractivity contribution in [2.75, 3.05) is 10.0 Å². The summed E-state index contributed by atoms with van der Waals surface area (Å²) in [4.78, 5) is 28.2. The number of amides is 4. The maximum Gasteiger partial charge on any atom is 0.335 e. The average molecular weight is 258 g/mol. The lowest BCUT2D eigenvalue weighted by Gasteiger charge is -2.21. The Kier molecular flexibility index (Phi) is 3.35. The highest BCUT2D eigenvalue weighted by Crippen LogP contribution is 2.33. The number of nitrogens with two attached hydrogens (primary N) is 4.